The minimum Gasteiger partial charge on any atom is -0.353 e. The molecule has 3 N–H and O–H groups in total. The van der Waals surface area contributed by atoms with E-state index in [-0.39, 0.29) is 0 Å². The SMILES string of the molecule is NCc1ccc2[nH]c(-c3cscn3)cc2c1. The van der Waals surface area contributed by atoms with Gasteiger partial charge in [-0.2, -0.15) is 0 Å². The van der Waals surface area contributed by atoms with E-state index >= 15 is 0 Å². The van der Waals surface area contributed by atoms with Gasteiger partial charge in [-0.1, -0.05) is 6.07 Å². The van der Waals surface area contributed by atoms with Crippen LogP contribution in [0.25, 0.3) is 22.3 Å². The van der Waals surface area contributed by atoms with E-state index < -0.39 is 0 Å². The molecule has 80 valence electrons. The van der Waals surface area contributed by atoms with Crippen LogP contribution in [-0.4, -0.2) is 9.97 Å². The second-order valence-electron chi connectivity index (χ2n) is 3.68. The molecular formula is C12H11N3S. The number of thiazole rings is 1. The number of nitrogens with zero attached hydrogens (tertiary/aromatic N) is 1. The first kappa shape index (κ1) is 9.57. The third kappa shape index (κ3) is 1.52. The molecule has 0 aliphatic rings. The molecule has 2 heterocycles. The summed E-state index contributed by atoms with van der Waals surface area (Å²) >= 11 is 1.60. The molecule has 2 aromatic heterocycles. The van der Waals surface area contributed by atoms with Gasteiger partial charge in [-0.25, -0.2) is 4.98 Å². The van der Waals surface area contributed by atoms with E-state index in [0.717, 1.165) is 22.5 Å². The predicted octanol–water partition coefficient (Wildman–Crippen LogP) is 2.75. The van der Waals surface area contributed by atoms with Gasteiger partial charge >= 0.3 is 0 Å². The topological polar surface area (TPSA) is 54.7 Å². The number of hydrogen-bond acceptors (Lipinski definition) is 3. The quantitative estimate of drug-likeness (QED) is 0.710. The number of fused-ring (bicyclic) bond motifs is 1. The maximum absolute atomic E-state index is 5.62. The molecule has 0 unspecified atom stereocenters. The first-order valence-electron chi connectivity index (χ1n) is 5.07. The van der Waals surface area contributed by atoms with Gasteiger partial charge in [0.25, 0.3) is 0 Å². The molecule has 0 spiro atoms. The summed E-state index contributed by atoms with van der Waals surface area (Å²) in [5.74, 6) is 0. The van der Waals surface area contributed by atoms with Gasteiger partial charge < -0.3 is 10.7 Å². The van der Waals surface area contributed by atoms with Crippen molar-refractivity contribution in [2.75, 3.05) is 0 Å². The van der Waals surface area contributed by atoms with Crippen LogP contribution in [0.1, 0.15) is 5.56 Å². The van der Waals surface area contributed by atoms with Crippen LogP contribution in [0.2, 0.25) is 0 Å². The molecule has 0 saturated carbocycles. The van der Waals surface area contributed by atoms with Crippen LogP contribution in [-0.2, 0) is 6.54 Å². The van der Waals surface area contributed by atoms with E-state index in [1.807, 2.05) is 17.0 Å². The Morgan fingerprint density at radius 3 is 3.00 bits per heavy atom. The second kappa shape index (κ2) is 3.73. The Morgan fingerprint density at radius 2 is 2.25 bits per heavy atom. The Balaban J connectivity index is 2.16. The van der Waals surface area contributed by atoms with Crippen molar-refractivity contribution < 1.29 is 0 Å². The highest BCUT2D eigenvalue weighted by atomic mass is 32.1. The lowest BCUT2D eigenvalue weighted by molar-refractivity contribution is 1.08. The van der Waals surface area contributed by atoms with Gasteiger partial charge in [0.2, 0.25) is 0 Å². The van der Waals surface area contributed by atoms with E-state index in [4.69, 9.17) is 5.73 Å². The number of nitrogens with two attached hydrogens (primary N) is 1. The summed E-state index contributed by atoms with van der Waals surface area (Å²) in [6, 6.07) is 8.34. The van der Waals surface area contributed by atoms with Crippen molar-refractivity contribution in [3.63, 3.8) is 0 Å². The summed E-state index contributed by atoms with van der Waals surface area (Å²) < 4.78 is 0. The fraction of sp³-hybridized carbons (Fsp3) is 0.0833. The number of rotatable bonds is 2. The molecule has 1 aromatic carbocycles. The van der Waals surface area contributed by atoms with Crippen molar-refractivity contribution in [2.24, 2.45) is 5.73 Å². The molecule has 3 rings (SSSR count). The fourth-order valence-corrected chi connectivity index (χ4v) is 2.34. The average molecular weight is 229 g/mol. The lowest BCUT2D eigenvalue weighted by Gasteiger charge is -1.94. The maximum atomic E-state index is 5.62. The third-order valence-corrected chi connectivity index (χ3v) is 3.22. The monoisotopic (exact) mass is 229 g/mol. The molecule has 0 saturated heterocycles. The van der Waals surface area contributed by atoms with Crippen LogP contribution in [0.3, 0.4) is 0 Å². The molecule has 3 aromatic rings. The van der Waals surface area contributed by atoms with E-state index in [9.17, 15) is 0 Å². The van der Waals surface area contributed by atoms with Crippen molar-refractivity contribution in [1.29, 1.82) is 0 Å². The van der Waals surface area contributed by atoms with Gasteiger partial charge in [-0.3, -0.25) is 0 Å². The molecule has 16 heavy (non-hydrogen) atoms. The normalized spacial score (nSPS) is 11.1. The minimum atomic E-state index is 0.577. The summed E-state index contributed by atoms with van der Waals surface area (Å²) in [7, 11) is 0. The summed E-state index contributed by atoms with van der Waals surface area (Å²) in [5, 5.41) is 3.22. The second-order valence-corrected chi connectivity index (χ2v) is 4.40. The summed E-state index contributed by atoms with van der Waals surface area (Å²) in [5.41, 5.74) is 11.8. The van der Waals surface area contributed by atoms with Gasteiger partial charge in [0, 0.05) is 22.8 Å². The molecule has 0 fully saturated rings. The Bertz CT molecular complexity index is 610. The predicted molar refractivity (Wildman–Crippen MR) is 67.3 cm³/mol. The zero-order chi connectivity index (χ0) is 11.0. The number of aromatic amines is 1. The first-order chi connectivity index (χ1) is 7.86. The number of nitrogens with one attached hydrogen (secondary N) is 1. The number of hydrogen-bond donors (Lipinski definition) is 2. The minimum absolute atomic E-state index is 0.577. The van der Waals surface area contributed by atoms with Crippen molar-refractivity contribution in [1.82, 2.24) is 9.97 Å². The summed E-state index contributed by atoms with van der Waals surface area (Å²) in [6.07, 6.45) is 0. The largest absolute Gasteiger partial charge is 0.353 e. The highest BCUT2D eigenvalue weighted by molar-refractivity contribution is 7.07. The van der Waals surface area contributed by atoms with E-state index in [0.29, 0.717) is 6.54 Å². The zero-order valence-corrected chi connectivity index (χ0v) is 9.42. The zero-order valence-electron chi connectivity index (χ0n) is 8.60. The van der Waals surface area contributed by atoms with Gasteiger partial charge in [-0.05, 0) is 23.8 Å². The summed E-state index contributed by atoms with van der Waals surface area (Å²) in [4.78, 5) is 7.64. The average Bonchev–Trinajstić information content (AvgIpc) is 2.96. The van der Waals surface area contributed by atoms with Crippen LogP contribution >= 0.6 is 11.3 Å². The first-order valence-corrected chi connectivity index (χ1v) is 6.01. The third-order valence-electron chi connectivity index (χ3n) is 2.63. The van der Waals surface area contributed by atoms with Crippen LogP contribution in [0, 0.1) is 0 Å². The number of aromatic nitrogens is 2. The van der Waals surface area contributed by atoms with Gasteiger partial charge in [0.05, 0.1) is 16.9 Å². The van der Waals surface area contributed by atoms with E-state index in [1.54, 1.807) is 11.3 Å². The maximum Gasteiger partial charge on any atom is 0.0973 e. The smallest absolute Gasteiger partial charge is 0.0973 e. The van der Waals surface area contributed by atoms with Gasteiger partial charge in [0.15, 0.2) is 0 Å². The lowest BCUT2D eigenvalue weighted by Crippen LogP contribution is -1.94. The Morgan fingerprint density at radius 1 is 1.31 bits per heavy atom. The molecule has 0 amide bonds. The Kier molecular flexibility index (Phi) is 2.23. The number of benzene rings is 1. The van der Waals surface area contributed by atoms with Crippen LogP contribution in [0.4, 0.5) is 0 Å². The van der Waals surface area contributed by atoms with E-state index in [1.165, 1.54) is 5.39 Å². The van der Waals surface area contributed by atoms with Crippen molar-refractivity contribution in [3.05, 3.63) is 40.7 Å². The molecule has 0 atom stereocenters. The molecule has 0 radical (unpaired) electrons. The fourth-order valence-electron chi connectivity index (χ4n) is 1.79. The van der Waals surface area contributed by atoms with Gasteiger partial charge in [0.1, 0.15) is 0 Å². The molecule has 3 nitrogen and oxygen atoms in total. The Hall–Kier alpha value is -1.65. The highest BCUT2D eigenvalue weighted by Crippen LogP contribution is 2.24. The van der Waals surface area contributed by atoms with Gasteiger partial charge in [-0.15, -0.1) is 11.3 Å². The Labute approximate surface area is 96.9 Å². The number of H-pyrrole nitrogens is 1. The van der Waals surface area contributed by atoms with Crippen molar-refractivity contribution >= 4 is 22.2 Å². The van der Waals surface area contributed by atoms with Crippen LogP contribution in [0.15, 0.2) is 35.2 Å². The van der Waals surface area contributed by atoms with Crippen LogP contribution < -0.4 is 5.73 Å². The van der Waals surface area contributed by atoms with E-state index in [2.05, 4.69) is 28.2 Å². The van der Waals surface area contributed by atoms with Crippen molar-refractivity contribution in [2.45, 2.75) is 6.54 Å². The molecule has 4 heteroatoms. The molecule has 0 aliphatic carbocycles. The standard InChI is InChI=1S/C12H11N3S/c13-5-8-1-2-10-9(3-8)4-11(15-10)12-6-16-7-14-12/h1-4,6-7,15H,5,13H2. The summed E-state index contributed by atoms with van der Waals surface area (Å²) in [6.45, 7) is 0.577. The molecule has 0 aliphatic heterocycles. The van der Waals surface area contributed by atoms with Crippen LogP contribution in [0.5, 0.6) is 0 Å². The highest BCUT2D eigenvalue weighted by Gasteiger charge is 2.04. The molecular weight excluding hydrogens is 218 g/mol. The lowest BCUT2D eigenvalue weighted by atomic mass is 10.1. The van der Waals surface area contributed by atoms with Crippen molar-refractivity contribution in [3.8, 4) is 11.4 Å². The molecule has 0 bridgehead atoms.